The predicted octanol–water partition coefficient (Wildman–Crippen LogP) is 0.697. The molecule has 0 spiro atoms. The second kappa shape index (κ2) is 11.9. The summed E-state index contributed by atoms with van der Waals surface area (Å²) in [5, 5.41) is 20.5. The first kappa shape index (κ1) is 26.7. The van der Waals surface area contributed by atoms with Crippen LogP contribution in [-0.4, -0.2) is 46.4 Å². The highest BCUT2D eigenvalue weighted by molar-refractivity contribution is 5.77. The van der Waals surface area contributed by atoms with Crippen LogP contribution in [0.15, 0.2) is 36.4 Å². The molecule has 0 saturated heterocycles. The Morgan fingerprint density at radius 1 is 1.00 bits per heavy atom. The smallest absolute Gasteiger partial charge is 0.383 e. The van der Waals surface area contributed by atoms with Crippen LogP contribution in [0, 0.1) is 0 Å². The van der Waals surface area contributed by atoms with Gasteiger partial charge in [0.2, 0.25) is 0 Å². The summed E-state index contributed by atoms with van der Waals surface area (Å²) in [6.07, 6.45) is -2.74. The molecule has 0 saturated carbocycles. The highest BCUT2D eigenvalue weighted by Gasteiger charge is 2.23. The number of hydrogen-bond donors (Lipinski definition) is 5. The lowest BCUT2D eigenvalue weighted by molar-refractivity contribution is -0.268. The van der Waals surface area contributed by atoms with Crippen LogP contribution in [0.25, 0.3) is 0 Å². The standard InChI is InChI=1S/C15H17N3O.C6H10O6.H2O/c1-2-19-10-4-6-13-12(8-10)15(17)11-5-3-9(16)7-14(11)18-13;1-3(7)5(9)11-12-6(10)4(2)8;/h3-8,15,18H,2,16-17H2,1H3;3-4,7-8H,1-2H3;1H2. The fourth-order valence-corrected chi connectivity index (χ4v) is 2.66. The first-order chi connectivity index (χ1) is 14.6. The lowest BCUT2D eigenvalue weighted by Crippen LogP contribution is -2.25. The second-order valence-electron chi connectivity index (χ2n) is 6.79. The lowest BCUT2D eigenvalue weighted by Gasteiger charge is -2.27. The number of nitrogens with two attached hydrogens (primary N) is 2. The van der Waals surface area contributed by atoms with Gasteiger partial charge in [0.25, 0.3) is 0 Å². The van der Waals surface area contributed by atoms with E-state index in [-0.39, 0.29) is 11.5 Å². The first-order valence-corrected chi connectivity index (χ1v) is 9.61. The minimum atomic E-state index is -1.37. The van der Waals surface area contributed by atoms with Gasteiger partial charge in [-0.3, -0.25) is 0 Å². The lowest BCUT2D eigenvalue weighted by atomic mass is 9.92. The minimum Gasteiger partial charge on any atom is -0.494 e. The van der Waals surface area contributed by atoms with Gasteiger partial charge in [0.05, 0.1) is 12.6 Å². The Morgan fingerprint density at radius 2 is 1.59 bits per heavy atom. The van der Waals surface area contributed by atoms with E-state index in [1.54, 1.807) is 0 Å². The summed E-state index contributed by atoms with van der Waals surface area (Å²) in [6.45, 7) is 4.92. The van der Waals surface area contributed by atoms with Crippen molar-refractivity contribution in [2.24, 2.45) is 5.73 Å². The fourth-order valence-electron chi connectivity index (χ4n) is 2.66. The summed E-state index contributed by atoms with van der Waals surface area (Å²) in [7, 11) is 0. The highest BCUT2D eigenvalue weighted by Crippen LogP contribution is 2.40. The van der Waals surface area contributed by atoms with Crippen LogP contribution in [-0.2, 0) is 19.4 Å². The summed E-state index contributed by atoms with van der Waals surface area (Å²) < 4.78 is 5.52. The summed E-state index contributed by atoms with van der Waals surface area (Å²) in [5.74, 6) is -1.34. The molecule has 0 bridgehead atoms. The van der Waals surface area contributed by atoms with Gasteiger partial charge in [0.1, 0.15) is 5.75 Å². The molecule has 0 fully saturated rings. The maximum absolute atomic E-state index is 10.4. The molecule has 32 heavy (non-hydrogen) atoms. The van der Waals surface area contributed by atoms with E-state index in [4.69, 9.17) is 26.4 Å². The van der Waals surface area contributed by atoms with E-state index in [2.05, 4.69) is 15.1 Å². The molecule has 9 N–H and O–H groups in total. The number of ether oxygens (including phenoxy) is 1. The highest BCUT2D eigenvalue weighted by atomic mass is 17.2. The van der Waals surface area contributed by atoms with Crippen LogP contribution < -0.4 is 21.5 Å². The van der Waals surface area contributed by atoms with E-state index >= 15 is 0 Å². The molecule has 0 amide bonds. The molecular weight excluding hydrogens is 422 g/mol. The second-order valence-corrected chi connectivity index (χ2v) is 6.79. The van der Waals surface area contributed by atoms with E-state index < -0.39 is 24.1 Å². The third-order valence-electron chi connectivity index (χ3n) is 4.24. The number of nitrogens with one attached hydrogen (secondary N) is 1. The number of hydrogen-bond acceptors (Lipinski definition) is 10. The number of nitrogen functional groups attached to an aromatic ring is 1. The number of fused-ring (bicyclic) bond motifs is 2. The average Bonchev–Trinajstić information content (AvgIpc) is 2.72. The van der Waals surface area contributed by atoms with E-state index in [1.165, 1.54) is 0 Å². The topological polar surface area (TPSA) is 198 Å². The van der Waals surface area contributed by atoms with E-state index in [0.717, 1.165) is 47.8 Å². The normalized spacial score (nSPS) is 15.1. The number of anilines is 3. The van der Waals surface area contributed by atoms with Gasteiger partial charge in [-0.15, -0.1) is 0 Å². The Kier molecular flexibility index (Phi) is 9.88. The van der Waals surface area contributed by atoms with Crippen molar-refractivity contribution >= 4 is 29.0 Å². The Hall–Kier alpha value is -3.38. The monoisotopic (exact) mass is 451 g/mol. The summed E-state index contributed by atoms with van der Waals surface area (Å²) >= 11 is 0. The van der Waals surface area contributed by atoms with Crippen molar-refractivity contribution in [2.75, 3.05) is 17.7 Å². The van der Waals surface area contributed by atoms with E-state index in [1.807, 2.05) is 43.3 Å². The summed E-state index contributed by atoms with van der Waals surface area (Å²) in [6, 6.07) is 11.5. The van der Waals surface area contributed by atoms with Gasteiger partial charge in [-0.2, -0.15) is 0 Å². The molecule has 2 aromatic rings. The summed E-state index contributed by atoms with van der Waals surface area (Å²) in [4.78, 5) is 28.5. The molecule has 1 aliphatic rings. The van der Waals surface area contributed by atoms with Crippen LogP contribution in [0.3, 0.4) is 0 Å². The van der Waals surface area contributed by atoms with Gasteiger partial charge in [-0.25, -0.2) is 19.4 Å². The van der Waals surface area contributed by atoms with Crippen molar-refractivity contribution in [1.29, 1.82) is 0 Å². The van der Waals surface area contributed by atoms with Crippen LogP contribution in [0.5, 0.6) is 5.75 Å². The Bertz CT molecular complexity index is 913. The molecule has 11 heteroatoms. The molecule has 1 aliphatic heterocycles. The zero-order valence-corrected chi connectivity index (χ0v) is 18.0. The number of rotatable bonds is 4. The molecule has 3 atom stereocenters. The minimum absolute atomic E-state index is 0. The molecule has 2 aromatic carbocycles. The van der Waals surface area contributed by atoms with E-state index in [9.17, 15) is 9.59 Å². The number of aliphatic hydroxyl groups excluding tert-OH is 2. The Labute approximate surface area is 185 Å². The van der Waals surface area contributed by atoms with Gasteiger partial charge in [-0.05, 0) is 56.7 Å². The number of carbonyl (C=O) groups excluding carboxylic acids is 2. The van der Waals surface area contributed by atoms with Crippen molar-refractivity contribution in [1.82, 2.24) is 0 Å². The van der Waals surface area contributed by atoms with Crippen LogP contribution in [0.1, 0.15) is 37.9 Å². The third kappa shape index (κ3) is 6.82. The van der Waals surface area contributed by atoms with Gasteiger partial charge in [0, 0.05) is 22.6 Å². The Morgan fingerprint density at radius 3 is 2.12 bits per heavy atom. The molecule has 3 rings (SSSR count). The molecule has 3 unspecified atom stereocenters. The molecule has 0 aliphatic carbocycles. The molecular formula is C21H29N3O8. The quantitative estimate of drug-likeness (QED) is 0.250. The molecule has 176 valence electrons. The van der Waals surface area contributed by atoms with Crippen molar-refractivity contribution in [2.45, 2.75) is 39.0 Å². The predicted molar refractivity (Wildman–Crippen MR) is 117 cm³/mol. The van der Waals surface area contributed by atoms with Crippen molar-refractivity contribution in [3.63, 3.8) is 0 Å². The zero-order valence-electron chi connectivity index (χ0n) is 18.0. The van der Waals surface area contributed by atoms with Crippen molar-refractivity contribution in [3.05, 3.63) is 47.5 Å². The largest absolute Gasteiger partial charge is 0.494 e. The fraction of sp³-hybridized carbons (Fsp3) is 0.333. The number of benzene rings is 2. The molecule has 1 heterocycles. The maximum Gasteiger partial charge on any atom is 0.383 e. The Balaban J connectivity index is 0.000000346. The number of carbonyl (C=O) groups is 2. The maximum atomic E-state index is 10.4. The average molecular weight is 451 g/mol. The van der Waals surface area contributed by atoms with Crippen molar-refractivity contribution < 1.29 is 39.8 Å². The van der Waals surface area contributed by atoms with Crippen molar-refractivity contribution in [3.8, 4) is 5.75 Å². The van der Waals surface area contributed by atoms with Gasteiger partial charge >= 0.3 is 11.9 Å². The summed E-state index contributed by atoms with van der Waals surface area (Å²) in [5.41, 5.74) is 17.0. The molecule has 11 nitrogen and oxygen atoms in total. The molecule has 0 radical (unpaired) electrons. The first-order valence-electron chi connectivity index (χ1n) is 9.61. The van der Waals surface area contributed by atoms with Crippen LogP contribution in [0.4, 0.5) is 17.1 Å². The molecule has 0 aromatic heterocycles. The van der Waals surface area contributed by atoms with E-state index in [0.29, 0.717) is 6.61 Å². The van der Waals surface area contributed by atoms with Gasteiger partial charge < -0.3 is 37.2 Å². The zero-order chi connectivity index (χ0) is 23.1. The third-order valence-corrected chi connectivity index (χ3v) is 4.24. The van der Waals surface area contributed by atoms with Gasteiger partial charge in [-0.1, -0.05) is 6.07 Å². The van der Waals surface area contributed by atoms with Crippen LogP contribution >= 0.6 is 0 Å². The van der Waals surface area contributed by atoms with Crippen LogP contribution in [0.2, 0.25) is 0 Å². The SMILES string of the molecule is CC(O)C(=O)OOC(=O)C(C)O.CCOc1ccc2c(c1)C(N)c1ccc(N)cc1N2.O. The number of aliphatic hydroxyl groups is 2. The van der Waals surface area contributed by atoms with Gasteiger partial charge in [0.15, 0.2) is 12.2 Å².